The summed E-state index contributed by atoms with van der Waals surface area (Å²) >= 11 is 0. The number of urea groups is 1. The molecular weight excluding hydrogens is 365 g/mol. The fourth-order valence-corrected chi connectivity index (χ4v) is 3.15. The molecule has 1 aliphatic heterocycles. The predicted octanol–water partition coefficient (Wildman–Crippen LogP) is 2.56. The molecule has 148 valence electrons. The number of benzene rings is 2. The summed E-state index contributed by atoms with van der Waals surface area (Å²) in [4.78, 5) is 26.8. The third kappa shape index (κ3) is 4.33. The van der Waals surface area contributed by atoms with E-state index in [1.165, 1.54) is 25.3 Å². The molecule has 8 heteroatoms. The van der Waals surface area contributed by atoms with Gasteiger partial charge in [-0.15, -0.1) is 0 Å². The predicted molar refractivity (Wildman–Crippen MR) is 102 cm³/mol. The van der Waals surface area contributed by atoms with E-state index in [-0.39, 0.29) is 17.4 Å². The van der Waals surface area contributed by atoms with Crippen LogP contribution in [0.25, 0.3) is 0 Å². The Morgan fingerprint density at radius 1 is 1.11 bits per heavy atom. The van der Waals surface area contributed by atoms with Crippen molar-refractivity contribution in [1.82, 2.24) is 10.2 Å². The number of aromatic carboxylic acids is 1. The minimum absolute atomic E-state index is 0.203. The number of amides is 2. The molecule has 28 heavy (non-hydrogen) atoms. The molecule has 2 aromatic carbocycles. The molecule has 1 heterocycles. The van der Waals surface area contributed by atoms with E-state index in [0.717, 1.165) is 5.56 Å². The van der Waals surface area contributed by atoms with Crippen LogP contribution < -0.4 is 15.0 Å². The maximum atomic E-state index is 14.2. The molecule has 7 nitrogen and oxygen atoms in total. The number of nitrogens with zero attached hydrogens (tertiary/aromatic N) is 2. The van der Waals surface area contributed by atoms with E-state index in [1.54, 1.807) is 29.2 Å². The first kappa shape index (κ1) is 19.5. The van der Waals surface area contributed by atoms with E-state index < -0.39 is 5.97 Å². The van der Waals surface area contributed by atoms with Gasteiger partial charge in [0.25, 0.3) is 0 Å². The van der Waals surface area contributed by atoms with Crippen LogP contribution in [0.15, 0.2) is 42.5 Å². The Morgan fingerprint density at radius 2 is 1.79 bits per heavy atom. The number of hydrogen-bond donors (Lipinski definition) is 2. The number of carbonyl (C=O) groups excluding carboxylic acids is 1. The first-order chi connectivity index (χ1) is 13.5. The Morgan fingerprint density at radius 3 is 2.39 bits per heavy atom. The second-order valence-corrected chi connectivity index (χ2v) is 6.43. The van der Waals surface area contributed by atoms with Gasteiger partial charge in [-0.05, 0) is 29.8 Å². The lowest BCUT2D eigenvalue weighted by atomic mass is 10.1. The highest BCUT2D eigenvalue weighted by Gasteiger charge is 2.24. The van der Waals surface area contributed by atoms with E-state index in [0.29, 0.717) is 44.2 Å². The van der Waals surface area contributed by atoms with Gasteiger partial charge in [0.2, 0.25) is 0 Å². The van der Waals surface area contributed by atoms with Crippen LogP contribution in [0.3, 0.4) is 0 Å². The van der Waals surface area contributed by atoms with Crippen molar-refractivity contribution >= 4 is 17.7 Å². The molecule has 3 rings (SSSR count). The van der Waals surface area contributed by atoms with Crippen molar-refractivity contribution in [2.75, 3.05) is 38.2 Å². The highest BCUT2D eigenvalue weighted by Crippen LogP contribution is 2.31. The van der Waals surface area contributed by atoms with Gasteiger partial charge < -0.3 is 25.0 Å². The monoisotopic (exact) mass is 387 g/mol. The number of hydrogen-bond acceptors (Lipinski definition) is 4. The molecule has 0 atom stereocenters. The SMILES string of the molecule is COc1cccc(F)c1N1CCN(C(=O)NCc2ccc(C(=O)O)cc2)CC1. The molecule has 2 aromatic rings. The number of nitrogens with one attached hydrogen (secondary N) is 1. The van der Waals surface area contributed by atoms with E-state index in [1.807, 2.05) is 4.90 Å². The van der Waals surface area contributed by atoms with Crippen molar-refractivity contribution in [3.05, 3.63) is 59.4 Å². The van der Waals surface area contributed by atoms with Crippen molar-refractivity contribution in [3.63, 3.8) is 0 Å². The Labute approximate surface area is 162 Å². The number of halogens is 1. The standard InChI is InChI=1S/C20H22FN3O4/c1-28-17-4-2-3-16(21)18(17)23-9-11-24(12-10-23)20(27)22-13-14-5-7-15(8-6-14)19(25)26/h2-8H,9-13H2,1H3,(H,22,27)(H,25,26). The summed E-state index contributed by atoms with van der Waals surface area (Å²) in [6.07, 6.45) is 0. The zero-order valence-corrected chi connectivity index (χ0v) is 15.5. The first-order valence-corrected chi connectivity index (χ1v) is 8.92. The Balaban J connectivity index is 1.53. The fraction of sp³-hybridized carbons (Fsp3) is 0.300. The second-order valence-electron chi connectivity index (χ2n) is 6.43. The maximum Gasteiger partial charge on any atom is 0.335 e. The van der Waals surface area contributed by atoms with Crippen LogP contribution in [-0.2, 0) is 6.54 Å². The number of para-hydroxylation sites is 1. The molecule has 0 unspecified atom stereocenters. The maximum absolute atomic E-state index is 14.2. The lowest BCUT2D eigenvalue weighted by molar-refractivity contribution is 0.0697. The number of carboxylic acid groups (broad SMARTS) is 1. The highest BCUT2D eigenvalue weighted by molar-refractivity contribution is 5.87. The van der Waals surface area contributed by atoms with Crippen LogP contribution >= 0.6 is 0 Å². The molecule has 1 fully saturated rings. The second kappa shape index (κ2) is 8.60. The van der Waals surface area contributed by atoms with Crippen molar-refractivity contribution < 1.29 is 23.8 Å². The third-order valence-corrected chi connectivity index (χ3v) is 4.70. The average molecular weight is 387 g/mol. The van der Waals surface area contributed by atoms with Crippen LogP contribution in [0.4, 0.5) is 14.9 Å². The number of rotatable bonds is 5. The number of methoxy groups -OCH3 is 1. The Kier molecular flexibility index (Phi) is 5.98. The van der Waals surface area contributed by atoms with Gasteiger partial charge in [0.05, 0.1) is 12.7 Å². The minimum atomic E-state index is -0.986. The highest BCUT2D eigenvalue weighted by atomic mass is 19.1. The summed E-state index contributed by atoms with van der Waals surface area (Å²) in [6.45, 7) is 2.22. The van der Waals surface area contributed by atoms with Gasteiger partial charge in [0, 0.05) is 32.7 Å². The van der Waals surface area contributed by atoms with Crippen LogP contribution in [0.2, 0.25) is 0 Å². The molecule has 2 amide bonds. The van der Waals surface area contributed by atoms with Crippen LogP contribution in [-0.4, -0.2) is 55.3 Å². The summed E-state index contributed by atoms with van der Waals surface area (Å²) in [5.41, 5.74) is 1.44. The zero-order chi connectivity index (χ0) is 20.1. The van der Waals surface area contributed by atoms with E-state index in [9.17, 15) is 14.0 Å². The van der Waals surface area contributed by atoms with E-state index in [4.69, 9.17) is 9.84 Å². The van der Waals surface area contributed by atoms with Crippen LogP contribution in [0.5, 0.6) is 5.75 Å². The van der Waals surface area contributed by atoms with Gasteiger partial charge in [-0.25, -0.2) is 14.0 Å². The van der Waals surface area contributed by atoms with Gasteiger partial charge in [-0.1, -0.05) is 18.2 Å². The lowest BCUT2D eigenvalue weighted by Crippen LogP contribution is -2.52. The zero-order valence-electron chi connectivity index (χ0n) is 15.5. The molecule has 0 aromatic heterocycles. The average Bonchev–Trinajstić information content (AvgIpc) is 2.72. The topological polar surface area (TPSA) is 82.1 Å². The largest absolute Gasteiger partial charge is 0.494 e. The summed E-state index contributed by atoms with van der Waals surface area (Å²) in [5.74, 6) is -0.857. The molecule has 0 aliphatic carbocycles. The molecule has 0 spiro atoms. The quantitative estimate of drug-likeness (QED) is 0.824. The third-order valence-electron chi connectivity index (χ3n) is 4.70. The number of piperazine rings is 1. The van der Waals surface area contributed by atoms with Gasteiger partial charge in [0.15, 0.2) is 0 Å². The minimum Gasteiger partial charge on any atom is -0.494 e. The van der Waals surface area contributed by atoms with E-state index in [2.05, 4.69) is 5.32 Å². The molecule has 0 saturated carbocycles. The Bertz CT molecular complexity index is 849. The normalized spacial score (nSPS) is 13.9. The molecule has 1 aliphatic rings. The number of ether oxygens (including phenoxy) is 1. The summed E-state index contributed by atoms with van der Waals surface area (Å²) in [5, 5.41) is 11.7. The molecule has 0 radical (unpaired) electrons. The summed E-state index contributed by atoms with van der Waals surface area (Å²) in [7, 11) is 1.50. The first-order valence-electron chi connectivity index (χ1n) is 8.92. The van der Waals surface area contributed by atoms with Crippen LogP contribution in [0, 0.1) is 5.82 Å². The summed E-state index contributed by atoms with van der Waals surface area (Å²) < 4.78 is 19.5. The van der Waals surface area contributed by atoms with Crippen molar-refractivity contribution in [1.29, 1.82) is 0 Å². The smallest absolute Gasteiger partial charge is 0.335 e. The van der Waals surface area contributed by atoms with Gasteiger partial charge >= 0.3 is 12.0 Å². The molecule has 0 bridgehead atoms. The number of carboxylic acids is 1. The fourth-order valence-electron chi connectivity index (χ4n) is 3.15. The lowest BCUT2D eigenvalue weighted by Gasteiger charge is -2.36. The number of anilines is 1. The number of carbonyl (C=O) groups is 2. The van der Waals surface area contributed by atoms with E-state index >= 15 is 0 Å². The Hall–Kier alpha value is -3.29. The van der Waals surface area contributed by atoms with Gasteiger partial charge in [-0.2, -0.15) is 0 Å². The summed E-state index contributed by atoms with van der Waals surface area (Å²) in [6, 6.07) is 10.9. The molecule has 2 N–H and O–H groups in total. The van der Waals surface area contributed by atoms with Crippen LogP contribution in [0.1, 0.15) is 15.9 Å². The molecule has 1 saturated heterocycles. The van der Waals surface area contributed by atoms with Crippen molar-refractivity contribution in [2.45, 2.75) is 6.54 Å². The van der Waals surface area contributed by atoms with Crippen molar-refractivity contribution in [3.8, 4) is 5.75 Å². The van der Waals surface area contributed by atoms with Crippen molar-refractivity contribution in [2.24, 2.45) is 0 Å². The molecular formula is C20H22FN3O4. The van der Waals surface area contributed by atoms with Gasteiger partial charge in [0.1, 0.15) is 17.3 Å². The van der Waals surface area contributed by atoms with Gasteiger partial charge in [-0.3, -0.25) is 0 Å².